The van der Waals surface area contributed by atoms with Gasteiger partial charge in [-0.25, -0.2) is 4.79 Å². The predicted octanol–water partition coefficient (Wildman–Crippen LogP) is 2.92. The van der Waals surface area contributed by atoms with Crippen molar-refractivity contribution in [2.24, 2.45) is 0 Å². The van der Waals surface area contributed by atoms with Gasteiger partial charge in [-0.2, -0.15) is 0 Å². The zero-order valence-electron chi connectivity index (χ0n) is 8.57. The SMILES string of the molecule is Cc1cccc2c1oc1cc(C(=O)O)[nH]c12. The van der Waals surface area contributed by atoms with Gasteiger partial charge in [0.1, 0.15) is 11.3 Å². The Kier molecular flexibility index (Phi) is 1.63. The fourth-order valence-electron chi connectivity index (χ4n) is 1.93. The van der Waals surface area contributed by atoms with Crippen LogP contribution in [0.4, 0.5) is 0 Å². The lowest BCUT2D eigenvalue weighted by Crippen LogP contribution is -1.95. The van der Waals surface area contributed by atoms with E-state index in [-0.39, 0.29) is 5.69 Å². The Balaban J connectivity index is 2.43. The first kappa shape index (κ1) is 9.03. The van der Waals surface area contributed by atoms with Crippen LogP contribution in [0, 0.1) is 6.92 Å². The average molecular weight is 215 g/mol. The number of carboxylic acids is 1. The molecule has 80 valence electrons. The molecular formula is C12H9NO3. The number of hydrogen-bond acceptors (Lipinski definition) is 2. The highest BCUT2D eigenvalue weighted by atomic mass is 16.4. The molecule has 4 nitrogen and oxygen atoms in total. The molecule has 0 saturated heterocycles. The van der Waals surface area contributed by atoms with Crippen molar-refractivity contribution < 1.29 is 14.3 Å². The molecule has 0 saturated carbocycles. The number of benzene rings is 1. The van der Waals surface area contributed by atoms with E-state index in [1.807, 2.05) is 25.1 Å². The number of aryl methyl sites for hydroxylation is 1. The molecule has 4 heteroatoms. The Labute approximate surface area is 90.5 Å². The fraction of sp³-hybridized carbons (Fsp3) is 0.0833. The number of rotatable bonds is 1. The molecule has 3 aromatic rings. The molecule has 0 aliphatic rings. The van der Waals surface area contributed by atoms with Crippen LogP contribution in [-0.2, 0) is 0 Å². The van der Waals surface area contributed by atoms with Crippen LogP contribution < -0.4 is 0 Å². The Morgan fingerprint density at radius 3 is 3.00 bits per heavy atom. The molecule has 0 unspecified atom stereocenters. The van der Waals surface area contributed by atoms with Gasteiger partial charge in [0, 0.05) is 11.5 Å². The van der Waals surface area contributed by atoms with Crippen molar-refractivity contribution in [3.63, 3.8) is 0 Å². The minimum Gasteiger partial charge on any atom is -0.477 e. The second-order valence-corrected chi connectivity index (χ2v) is 3.78. The van der Waals surface area contributed by atoms with E-state index in [1.165, 1.54) is 6.07 Å². The van der Waals surface area contributed by atoms with Crippen molar-refractivity contribution in [3.8, 4) is 0 Å². The number of furan rings is 1. The van der Waals surface area contributed by atoms with Crippen molar-refractivity contribution >= 4 is 28.0 Å². The summed E-state index contributed by atoms with van der Waals surface area (Å²) in [4.78, 5) is 13.7. The maximum Gasteiger partial charge on any atom is 0.352 e. The van der Waals surface area contributed by atoms with Crippen molar-refractivity contribution in [3.05, 3.63) is 35.5 Å². The second-order valence-electron chi connectivity index (χ2n) is 3.78. The molecule has 0 aliphatic heterocycles. The van der Waals surface area contributed by atoms with E-state index < -0.39 is 5.97 Å². The number of carbonyl (C=O) groups is 1. The summed E-state index contributed by atoms with van der Waals surface area (Å²) in [5, 5.41) is 9.78. The average Bonchev–Trinajstić information content (AvgIpc) is 2.76. The molecule has 0 atom stereocenters. The van der Waals surface area contributed by atoms with Gasteiger partial charge in [0.15, 0.2) is 5.58 Å². The quantitative estimate of drug-likeness (QED) is 0.655. The molecule has 3 rings (SSSR count). The highest BCUT2D eigenvalue weighted by Crippen LogP contribution is 2.30. The van der Waals surface area contributed by atoms with Crippen LogP contribution in [0.25, 0.3) is 22.1 Å². The summed E-state index contributed by atoms with van der Waals surface area (Å²) in [5.41, 5.74) is 3.33. The van der Waals surface area contributed by atoms with Crippen molar-refractivity contribution in [2.45, 2.75) is 6.92 Å². The Morgan fingerprint density at radius 1 is 1.44 bits per heavy atom. The van der Waals surface area contributed by atoms with Gasteiger partial charge in [-0.3, -0.25) is 0 Å². The summed E-state index contributed by atoms with van der Waals surface area (Å²) in [7, 11) is 0. The number of nitrogens with one attached hydrogen (secondary N) is 1. The van der Waals surface area contributed by atoms with Gasteiger partial charge in [-0.1, -0.05) is 12.1 Å². The third-order valence-electron chi connectivity index (χ3n) is 2.71. The highest BCUT2D eigenvalue weighted by Gasteiger charge is 2.14. The standard InChI is InChI=1S/C12H9NO3/c1-6-3-2-4-7-10-9(16-11(6)7)5-8(13-10)12(14)15/h2-5,13H,1H3,(H,14,15). The molecule has 1 aromatic carbocycles. The number of aromatic amines is 1. The van der Waals surface area contributed by atoms with Crippen molar-refractivity contribution in [1.29, 1.82) is 0 Å². The molecule has 0 aliphatic carbocycles. The van der Waals surface area contributed by atoms with E-state index in [0.29, 0.717) is 5.58 Å². The number of hydrogen-bond donors (Lipinski definition) is 2. The van der Waals surface area contributed by atoms with E-state index in [0.717, 1.165) is 22.0 Å². The molecule has 0 fully saturated rings. The molecule has 2 heterocycles. The largest absolute Gasteiger partial charge is 0.477 e. The summed E-state index contributed by atoms with van der Waals surface area (Å²) in [6.45, 7) is 1.96. The third-order valence-corrected chi connectivity index (χ3v) is 2.71. The van der Waals surface area contributed by atoms with Crippen LogP contribution in [0.1, 0.15) is 16.1 Å². The number of aromatic carboxylic acids is 1. The first-order valence-electron chi connectivity index (χ1n) is 4.91. The minimum absolute atomic E-state index is 0.150. The smallest absolute Gasteiger partial charge is 0.352 e. The van der Waals surface area contributed by atoms with E-state index in [1.54, 1.807) is 0 Å². The third kappa shape index (κ3) is 1.07. The maximum absolute atomic E-state index is 10.8. The Hall–Kier alpha value is -2.23. The minimum atomic E-state index is -0.979. The summed E-state index contributed by atoms with van der Waals surface area (Å²) in [6, 6.07) is 7.31. The van der Waals surface area contributed by atoms with E-state index >= 15 is 0 Å². The van der Waals surface area contributed by atoms with Gasteiger partial charge in [0.05, 0.1) is 5.52 Å². The summed E-state index contributed by atoms with van der Waals surface area (Å²) >= 11 is 0. The lowest BCUT2D eigenvalue weighted by Gasteiger charge is -1.92. The van der Waals surface area contributed by atoms with Crippen LogP contribution in [0.3, 0.4) is 0 Å². The first-order valence-corrected chi connectivity index (χ1v) is 4.91. The lowest BCUT2D eigenvalue weighted by atomic mass is 10.2. The summed E-state index contributed by atoms with van der Waals surface area (Å²) in [5.74, 6) is -0.979. The topological polar surface area (TPSA) is 66.2 Å². The predicted molar refractivity (Wildman–Crippen MR) is 59.8 cm³/mol. The zero-order chi connectivity index (χ0) is 11.3. The lowest BCUT2D eigenvalue weighted by molar-refractivity contribution is 0.0691. The van der Waals surface area contributed by atoms with Gasteiger partial charge < -0.3 is 14.5 Å². The first-order chi connectivity index (χ1) is 7.66. The van der Waals surface area contributed by atoms with Crippen LogP contribution in [-0.4, -0.2) is 16.1 Å². The van der Waals surface area contributed by atoms with Gasteiger partial charge in [0.2, 0.25) is 0 Å². The molecular weight excluding hydrogens is 206 g/mol. The zero-order valence-corrected chi connectivity index (χ0v) is 8.57. The number of fused-ring (bicyclic) bond motifs is 3. The van der Waals surface area contributed by atoms with E-state index in [2.05, 4.69) is 4.98 Å². The summed E-state index contributed by atoms with van der Waals surface area (Å²) < 4.78 is 5.62. The molecule has 16 heavy (non-hydrogen) atoms. The van der Waals surface area contributed by atoms with Crippen LogP contribution in [0.2, 0.25) is 0 Å². The number of carboxylic acid groups (broad SMARTS) is 1. The van der Waals surface area contributed by atoms with Gasteiger partial charge >= 0.3 is 5.97 Å². The summed E-state index contributed by atoms with van der Waals surface area (Å²) in [6.07, 6.45) is 0. The molecule has 0 spiro atoms. The number of H-pyrrole nitrogens is 1. The maximum atomic E-state index is 10.8. The second kappa shape index (κ2) is 2.88. The Morgan fingerprint density at radius 2 is 2.25 bits per heavy atom. The number of aromatic nitrogens is 1. The molecule has 0 radical (unpaired) electrons. The molecule has 0 bridgehead atoms. The van der Waals surface area contributed by atoms with Crippen molar-refractivity contribution in [1.82, 2.24) is 4.98 Å². The Bertz CT molecular complexity index is 706. The van der Waals surface area contributed by atoms with Gasteiger partial charge in [-0.15, -0.1) is 0 Å². The van der Waals surface area contributed by atoms with Crippen LogP contribution >= 0.6 is 0 Å². The van der Waals surface area contributed by atoms with E-state index in [9.17, 15) is 4.79 Å². The van der Waals surface area contributed by atoms with Gasteiger partial charge in [-0.05, 0) is 18.6 Å². The molecule has 2 N–H and O–H groups in total. The molecule has 2 aromatic heterocycles. The van der Waals surface area contributed by atoms with E-state index in [4.69, 9.17) is 9.52 Å². The fourth-order valence-corrected chi connectivity index (χ4v) is 1.93. The van der Waals surface area contributed by atoms with Crippen molar-refractivity contribution in [2.75, 3.05) is 0 Å². The number of para-hydroxylation sites is 1. The monoisotopic (exact) mass is 215 g/mol. The van der Waals surface area contributed by atoms with Crippen LogP contribution in [0.15, 0.2) is 28.7 Å². The normalized spacial score (nSPS) is 11.3. The van der Waals surface area contributed by atoms with Crippen LogP contribution in [0.5, 0.6) is 0 Å². The molecule has 0 amide bonds. The highest BCUT2D eigenvalue weighted by molar-refractivity contribution is 6.06. The van der Waals surface area contributed by atoms with Gasteiger partial charge in [0.25, 0.3) is 0 Å².